The molecule has 0 N–H and O–H groups in total. The zero-order valence-corrected chi connectivity index (χ0v) is 12.2. The van der Waals surface area contributed by atoms with E-state index in [9.17, 15) is 4.79 Å². The average Bonchev–Trinajstić information content (AvgIpc) is 2.46. The average molecular weight is 276 g/mol. The molecule has 0 aromatic heterocycles. The maximum Gasteiger partial charge on any atom is 0.310 e. The number of aryl methyl sites for hydroxylation is 2. The predicted molar refractivity (Wildman–Crippen MR) is 85.0 cm³/mol. The van der Waals surface area contributed by atoms with E-state index in [0.717, 1.165) is 23.9 Å². The standard InChI is InChI=1S/C18H17BO2/c1-2-21-18(20)10-12-3-7-16-13(9-12)4-5-14-11-15(19)6-8-17(14)16/h3,6-9,11H,2,4-5,10H2,1H3. The van der Waals surface area contributed by atoms with Crippen molar-refractivity contribution < 1.29 is 9.53 Å². The maximum absolute atomic E-state index is 11.6. The Hall–Kier alpha value is -2.03. The van der Waals surface area contributed by atoms with Crippen LogP contribution in [0.4, 0.5) is 0 Å². The molecule has 1 aliphatic carbocycles. The number of benzene rings is 2. The first-order chi connectivity index (χ1) is 10.2. The lowest BCUT2D eigenvalue weighted by molar-refractivity contribution is -0.142. The summed E-state index contributed by atoms with van der Waals surface area (Å²) in [5.74, 6) is -0.165. The van der Waals surface area contributed by atoms with Crippen molar-refractivity contribution in [3.63, 3.8) is 0 Å². The summed E-state index contributed by atoms with van der Waals surface area (Å²) in [7, 11) is 5.86. The molecule has 3 rings (SSSR count). The molecule has 2 aromatic carbocycles. The Balaban J connectivity index is 1.91. The Kier molecular flexibility index (Phi) is 3.83. The fourth-order valence-electron chi connectivity index (χ4n) is 2.96. The molecule has 21 heavy (non-hydrogen) atoms. The summed E-state index contributed by atoms with van der Waals surface area (Å²) in [4.78, 5) is 11.6. The molecule has 2 nitrogen and oxygen atoms in total. The minimum atomic E-state index is -0.165. The van der Waals surface area contributed by atoms with Crippen LogP contribution in [0.2, 0.25) is 0 Å². The molecule has 2 radical (unpaired) electrons. The molecular formula is C18H17BO2. The Bertz CT molecular complexity index is 692. The maximum atomic E-state index is 11.6. The van der Waals surface area contributed by atoms with Gasteiger partial charge in [0.2, 0.25) is 0 Å². The third-order valence-corrected chi connectivity index (χ3v) is 3.91. The number of hydrogen-bond donors (Lipinski definition) is 0. The van der Waals surface area contributed by atoms with E-state index < -0.39 is 0 Å². The highest BCUT2D eigenvalue weighted by atomic mass is 16.5. The molecule has 0 spiro atoms. The van der Waals surface area contributed by atoms with Gasteiger partial charge in [0.05, 0.1) is 13.0 Å². The quantitative estimate of drug-likeness (QED) is 0.635. The van der Waals surface area contributed by atoms with Gasteiger partial charge in [0.15, 0.2) is 0 Å². The largest absolute Gasteiger partial charge is 0.466 e. The first-order valence-electron chi connectivity index (χ1n) is 7.33. The molecule has 0 aliphatic heterocycles. The van der Waals surface area contributed by atoms with Crippen molar-refractivity contribution in [1.82, 2.24) is 0 Å². The van der Waals surface area contributed by atoms with E-state index in [1.807, 2.05) is 19.1 Å². The van der Waals surface area contributed by atoms with E-state index in [-0.39, 0.29) is 5.97 Å². The van der Waals surface area contributed by atoms with Crippen molar-refractivity contribution in [3.8, 4) is 11.1 Å². The van der Waals surface area contributed by atoms with Crippen LogP contribution in [0.25, 0.3) is 11.1 Å². The van der Waals surface area contributed by atoms with Gasteiger partial charge >= 0.3 is 5.97 Å². The lowest BCUT2D eigenvalue weighted by atomic mass is 9.81. The molecule has 0 atom stereocenters. The van der Waals surface area contributed by atoms with Gasteiger partial charge in [0.25, 0.3) is 0 Å². The van der Waals surface area contributed by atoms with E-state index in [1.54, 1.807) is 0 Å². The fourth-order valence-corrected chi connectivity index (χ4v) is 2.96. The second-order valence-corrected chi connectivity index (χ2v) is 5.39. The van der Waals surface area contributed by atoms with Gasteiger partial charge in [-0.25, -0.2) is 0 Å². The number of esters is 1. The fraction of sp³-hybridized carbons (Fsp3) is 0.278. The van der Waals surface area contributed by atoms with Gasteiger partial charge in [-0.1, -0.05) is 41.9 Å². The highest BCUT2D eigenvalue weighted by Gasteiger charge is 2.16. The summed E-state index contributed by atoms with van der Waals surface area (Å²) in [5.41, 5.74) is 6.95. The summed E-state index contributed by atoms with van der Waals surface area (Å²) >= 11 is 0. The van der Waals surface area contributed by atoms with Crippen LogP contribution in [-0.4, -0.2) is 20.4 Å². The number of hydrogen-bond acceptors (Lipinski definition) is 2. The summed E-state index contributed by atoms with van der Waals surface area (Å²) in [6.07, 6.45) is 2.33. The zero-order chi connectivity index (χ0) is 14.8. The van der Waals surface area contributed by atoms with Crippen molar-refractivity contribution in [2.75, 3.05) is 6.61 Å². The van der Waals surface area contributed by atoms with Crippen molar-refractivity contribution in [2.24, 2.45) is 0 Å². The highest BCUT2D eigenvalue weighted by Crippen LogP contribution is 2.33. The van der Waals surface area contributed by atoms with Crippen LogP contribution in [0.15, 0.2) is 36.4 Å². The van der Waals surface area contributed by atoms with Gasteiger partial charge in [0, 0.05) is 0 Å². The Morgan fingerprint density at radius 3 is 2.48 bits per heavy atom. The normalized spacial score (nSPS) is 12.4. The predicted octanol–water partition coefficient (Wildman–Crippen LogP) is 2.35. The molecule has 0 saturated heterocycles. The molecular weight excluding hydrogens is 259 g/mol. The molecule has 104 valence electrons. The van der Waals surface area contributed by atoms with Crippen LogP contribution >= 0.6 is 0 Å². The topological polar surface area (TPSA) is 26.3 Å². The van der Waals surface area contributed by atoms with E-state index in [1.165, 1.54) is 22.3 Å². The van der Waals surface area contributed by atoms with Gasteiger partial charge in [-0.2, -0.15) is 0 Å². The molecule has 1 aliphatic rings. The number of ether oxygens (including phenoxy) is 1. The lowest BCUT2D eigenvalue weighted by Crippen LogP contribution is -2.11. The minimum Gasteiger partial charge on any atom is -0.466 e. The van der Waals surface area contributed by atoms with Gasteiger partial charge in [-0.05, 0) is 47.6 Å². The molecule has 0 heterocycles. The number of carbonyl (C=O) groups excluding carboxylic acids is 1. The summed E-state index contributed by atoms with van der Waals surface area (Å²) in [6, 6.07) is 12.4. The van der Waals surface area contributed by atoms with Gasteiger partial charge in [-0.15, -0.1) is 0 Å². The second-order valence-electron chi connectivity index (χ2n) is 5.39. The van der Waals surface area contributed by atoms with Crippen molar-refractivity contribution in [1.29, 1.82) is 0 Å². The summed E-state index contributed by atoms with van der Waals surface area (Å²) < 4.78 is 5.01. The molecule has 3 heteroatoms. The van der Waals surface area contributed by atoms with Crippen molar-refractivity contribution in [3.05, 3.63) is 53.1 Å². The van der Waals surface area contributed by atoms with Gasteiger partial charge in [-0.3, -0.25) is 4.79 Å². The number of fused-ring (bicyclic) bond motifs is 3. The molecule has 2 aromatic rings. The van der Waals surface area contributed by atoms with Gasteiger partial charge in [0.1, 0.15) is 7.85 Å². The minimum absolute atomic E-state index is 0.165. The first-order valence-corrected chi connectivity index (χ1v) is 7.33. The molecule has 0 amide bonds. The molecule has 0 fully saturated rings. The van der Waals surface area contributed by atoms with E-state index in [4.69, 9.17) is 12.6 Å². The van der Waals surface area contributed by atoms with Gasteiger partial charge < -0.3 is 4.74 Å². The summed E-state index contributed by atoms with van der Waals surface area (Å²) in [5, 5.41) is 0. The zero-order valence-electron chi connectivity index (χ0n) is 12.2. The first kappa shape index (κ1) is 13.9. The van der Waals surface area contributed by atoms with Crippen LogP contribution < -0.4 is 5.46 Å². The smallest absolute Gasteiger partial charge is 0.310 e. The van der Waals surface area contributed by atoms with E-state index in [2.05, 4.69) is 24.3 Å². The third kappa shape index (κ3) is 2.87. The van der Waals surface area contributed by atoms with Crippen LogP contribution in [0.3, 0.4) is 0 Å². The molecule has 0 saturated carbocycles. The third-order valence-electron chi connectivity index (χ3n) is 3.91. The Morgan fingerprint density at radius 2 is 1.76 bits per heavy atom. The Morgan fingerprint density at radius 1 is 1.10 bits per heavy atom. The second kappa shape index (κ2) is 5.76. The van der Waals surface area contributed by atoms with E-state index in [0.29, 0.717) is 13.0 Å². The van der Waals surface area contributed by atoms with Crippen LogP contribution in [-0.2, 0) is 28.8 Å². The Labute approximate surface area is 126 Å². The molecule has 0 bridgehead atoms. The van der Waals surface area contributed by atoms with Crippen LogP contribution in [0.1, 0.15) is 23.6 Å². The van der Waals surface area contributed by atoms with Crippen molar-refractivity contribution >= 4 is 19.3 Å². The van der Waals surface area contributed by atoms with Crippen molar-refractivity contribution in [2.45, 2.75) is 26.2 Å². The number of carbonyl (C=O) groups is 1. The van der Waals surface area contributed by atoms with Crippen LogP contribution in [0.5, 0.6) is 0 Å². The molecule has 0 unspecified atom stereocenters. The number of rotatable bonds is 3. The monoisotopic (exact) mass is 276 g/mol. The van der Waals surface area contributed by atoms with E-state index >= 15 is 0 Å². The summed E-state index contributed by atoms with van der Waals surface area (Å²) in [6.45, 7) is 2.26. The van der Waals surface area contributed by atoms with Crippen LogP contribution in [0, 0.1) is 0 Å². The SMILES string of the molecule is [B]c1ccc2c(c1)CCc1cc(CC(=O)OCC)ccc1-2. The lowest BCUT2D eigenvalue weighted by Gasteiger charge is -2.21. The highest BCUT2D eigenvalue weighted by molar-refractivity contribution is 6.32.